The summed E-state index contributed by atoms with van der Waals surface area (Å²) in [4.78, 5) is 11.8. The van der Waals surface area contributed by atoms with E-state index in [0.717, 1.165) is 48.0 Å². The number of carbonyl (C=O) groups is 1. The van der Waals surface area contributed by atoms with Crippen LogP contribution in [-0.2, 0) is 10.2 Å². The fourth-order valence-electron chi connectivity index (χ4n) is 3.18. The second kappa shape index (κ2) is 5.64. The number of nitrogens with zero attached hydrogens (tertiary/aromatic N) is 2. The van der Waals surface area contributed by atoms with Crippen molar-refractivity contribution in [1.82, 2.24) is 9.78 Å². The molecule has 110 valence electrons. The largest absolute Gasteiger partial charge is 0.481 e. The lowest BCUT2D eigenvalue weighted by Gasteiger charge is -2.33. The summed E-state index contributed by atoms with van der Waals surface area (Å²) in [6, 6.07) is 9.61. The van der Waals surface area contributed by atoms with Crippen molar-refractivity contribution in [2.24, 2.45) is 0 Å². The summed E-state index contributed by atoms with van der Waals surface area (Å²) in [7, 11) is 0. The van der Waals surface area contributed by atoms with Gasteiger partial charge in [-0.25, -0.2) is 4.68 Å². The van der Waals surface area contributed by atoms with E-state index in [1.165, 1.54) is 0 Å². The van der Waals surface area contributed by atoms with E-state index in [0.29, 0.717) is 0 Å². The van der Waals surface area contributed by atoms with Gasteiger partial charge in [0.05, 0.1) is 17.3 Å². The topological polar surface area (TPSA) is 55.1 Å². The molecule has 1 N–H and O–H groups in total. The average Bonchev–Trinajstić information content (AvgIpc) is 2.94. The molecule has 0 amide bonds. The highest BCUT2D eigenvalue weighted by Gasteiger charge is 2.41. The molecule has 5 heteroatoms. The van der Waals surface area contributed by atoms with Crippen LogP contribution in [-0.4, -0.2) is 20.9 Å². The first kappa shape index (κ1) is 14.3. The zero-order chi connectivity index (χ0) is 14.9. The third kappa shape index (κ3) is 2.50. The lowest BCUT2D eigenvalue weighted by Crippen LogP contribution is -2.37. The predicted octanol–water partition coefficient (Wildman–Crippen LogP) is 3.92. The van der Waals surface area contributed by atoms with Crippen molar-refractivity contribution in [3.8, 4) is 5.69 Å². The Labute approximate surface area is 131 Å². The number of aromatic nitrogens is 2. The zero-order valence-corrected chi connectivity index (χ0v) is 13.2. The van der Waals surface area contributed by atoms with Crippen molar-refractivity contribution in [2.45, 2.75) is 37.5 Å². The SMILES string of the molecule is O=C(O)C1(c2ccc(-n3nccc3Br)cc2)CCCCC1. The maximum atomic E-state index is 11.8. The average molecular weight is 349 g/mol. The molecule has 1 aromatic carbocycles. The first-order valence-corrected chi connectivity index (χ1v) is 7.97. The van der Waals surface area contributed by atoms with Crippen LogP contribution in [0.1, 0.15) is 37.7 Å². The van der Waals surface area contributed by atoms with Crippen LogP contribution in [0.15, 0.2) is 41.1 Å². The van der Waals surface area contributed by atoms with E-state index < -0.39 is 11.4 Å². The van der Waals surface area contributed by atoms with E-state index in [1.807, 2.05) is 30.3 Å². The number of hydrogen-bond donors (Lipinski definition) is 1. The fourth-order valence-corrected chi connectivity index (χ4v) is 3.59. The molecule has 1 heterocycles. The third-order valence-corrected chi connectivity index (χ3v) is 4.98. The highest BCUT2D eigenvalue weighted by molar-refractivity contribution is 9.10. The van der Waals surface area contributed by atoms with Crippen LogP contribution in [0.2, 0.25) is 0 Å². The van der Waals surface area contributed by atoms with Crippen LogP contribution in [0.25, 0.3) is 5.69 Å². The number of halogens is 1. The van der Waals surface area contributed by atoms with E-state index in [-0.39, 0.29) is 0 Å². The molecule has 1 aromatic heterocycles. The van der Waals surface area contributed by atoms with E-state index in [4.69, 9.17) is 0 Å². The van der Waals surface area contributed by atoms with Crippen molar-refractivity contribution >= 4 is 21.9 Å². The zero-order valence-electron chi connectivity index (χ0n) is 11.6. The monoisotopic (exact) mass is 348 g/mol. The Kier molecular flexibility index (Phi) is 3.85. The third-order valence-electron chi connectivity index (χ3n) is 4.38. The van der Waals surface area contributed by atoms with Crippen LogP contribution >= 0.6 is 15.9 Å². The van der Waals surface area contributed by atoms with Crippen molar-refractivity contribution in [3.05, 3.63) is 46.7 Å². The highest BCUT2D eigenvalue weighted by Crippen LogP contribution is 2.40. The lowest BCUT2D eigenvalue weighted by atomic mass is 9.69. The summed E-state index contributed by atoms with van der Waals surface area (Å²) in [5, 5.41) is 13.9. The number of carboxylic acids is 1. The molecule has 3 rings (SSSR count). The van der Waals surface area contributed by atoms with Crippen LogP contribution in [0.4, 0.5) is 0 Å². The fraction of sp³-hybridized carbons (Fsp3) is 0.375. The Morgan fingerprint density at radius 3 is 2.33 bits per heavy atom. The van der Waals surface area contributed by atoms with Gasteiger partial charge in [-0.1, -0.05) is 31.4 Å². The second-order valence-electron chi connectivity index (χ2n) is 5.56. The molecule has 4 nitrogen and oxygen atoms in total. The molecular formula is C16H17BrN2O2. The van der Waals surface area contributed by atoms with Crippen LogP contribution in [0.3, 0.4) is 0 Å². The molecule has 0 unspecified atom stereocenters. The van der Waals surface area contributed by atoms with Gasteiger partial charge in [0.25, 0.3) is 0 Å². The van der Waals surface area contributed by atoms with E-state index >= 15 is 0 Å². The van der Waals surface area contributed by atoms with Gasteiger partial charge in [0.2, 0.25) is 0 Å². The summed E-state index contributed by atoms with van der Waals surface area (Å²) in [6.45, 7) is 0. The Morgan fingerprint density at radius 2 is 1.81 bits per heavy atom. The van der Waals surface area contributed by atoms with Crippen LogP contribution in [0.5, 0.6) is 0 Å². The van der Waals surface area contributed by atoms with E-state index in [9.17, 15) is 9.90 Å². The van der Waals surface area contributed by atoms with E-state index in [1.54, 1.807) is 10.9 Å². The standard InChI is InChI=1S/C16H17BrN2O2/c17-14-8-11-18-19(14)13-6-4-12(5-7-13)16(15(20)21)9-2-1-3-10-16/h4-8,11H,1-3,9-10H2,(H,20,21). The van der Waals surface area contributed by atoms with Gasteiger partial charge in [-0.05, 0) is 52.5 Å². The van der Waals surface area contributed by atoms with Gasteiger partial charge >= 0.3 is 5.97 Å². The first-order valence-electron chi connectivity index (χ1n) is 7.17. The maximum absolute atomic E-state index is 11.8. The minimum atomic E-state index is -0.710. The summed E-state index contributed by atoms with van der Waals surface area (Å²) >= 11 is 3.44. The molecule has 1 aliphatic carbocycles. The lowest BCUT2D eigenvalue weighted by molar-refractivity contribution is -0.145. The highest BCUT2D eigenvalue weighted by atomic mass is 79.9. The molecule has 0 saturated heterocycles. The molecule has 0 spiro atoms. The molecular weight excluding hydrogens is 332 g/mol. The van der Waals surface area contributed by atoms with Crippen LogP contribution < -0.4 is 0 Å². The van der Waals surface area contributed by atoms with Crippen molar-refractivity contribution in [3.63, 3.8) is 0 Å². The molecule has 1 saturated carbocycles. The molecule has 0 aliphatic heterocycles. The van der Waals surface area contributed by atoms with Crippen molar-refractivity contribution in [1.29, 1.82) is 0 Å². The van der Waals surface area contributed by atoms with Gasteiger partial charge in [0.15, 0.2) is 0 Å². The van der Waals surface area contributed by atoms with Gasteiger partial charge in [-0.3, -0.25) is 4.79 Å². The molecule has 0 bridgehead atoms. The van der Waals surface area contributed by atoms with E-state index in [2.05, 4.69) is 21.0 Å². The summed E-state index contributed by atoms with van der Waals surface area (Å²) < 4.78 is 2.65. The first-order chi connectivity index (χ1) is 10.1. The Morgan fingerprint density at radius 1 is 1.14 bits per heavy atom. The Bertz CT molecular complexity index is 643. The number of benzene rings is 1. The quantitative estimate of drug-likeness (QED) is 0.914. The predicted molar refractivity (Wildman–Crippen MR) is 83.7 cm³/mol. The number of hydrogen-bond acceptors (Lipinski definition) is 2. The molecule has 0 radical (unpaired) electrons. The summed E-state index contributed by atoms with van der Waals surface area (Å²) in [6.07, 6.45) is 6.28. The minimum absolute atomic E-state index is 0.699. The number of carboxylic acid groups (broad SMARTS) is 1. The Balaban J connectivity index is 1.96. The van der Waals surface area contributed by atoms with Gasteiger partial charge in [-0.2, -0.15) is 5.10 Å². The van der Waals surface area contributed by atoms with Gasteiger partial charge in [0, 0.05) is 0 Å². The molecule has 0 atom stereocenters. The van der Waals surface area contributed by atoms with Crippen LogP contribution in [0, 0.1) is 0 Å². The van der Waals surface area contributed by atoms with Gasteiger partial charge in [0.1, 0.15) is 4.60 Å². The normalized spacial score (nSPS) is 17.6. The molecule has 1 fully saturated rings. The van der Waals surface area contributed by atoms with Crippen molar-refractivity contribution in [2.75, 3.05) is 0 Å². The molecule has 21 heavy (non-hydrogen) atoms. The van der Waals surface area contributed by atoms with Gasteiger partial charge in [-0.15, -0.1) is 0 Å². The molecule has 2 aromatic rings. The maximum Gasteiger partial charge on any atom is 0.314 e. The van der Waals surface area contributed by atoms with Gasteiger partial charge < -0.3 is 5.11 Å². The number of aliphatic carboxylic acids is 1. The molecule has 1 aliphatic rings. The second-order valence-corrected chi connectivity index (χ2v) is 6.37. The Hall–Kier alpha value is -1.62. The van der Waals surface area contributed by atoms with Crippen molar-refractivity contribution < 1.29 is 9.90 Å². The number of rotatable bonds is 3. The summed E-state index contributed by atoms with van der Waals surface area (Å²) in [5.41, 5.74) is 1.12. The smallest absolute Gasteiger partial charge is 0.314 e. The summed E-state index contributed by atoms with van der Waals surface area (Å²) in [5.74, 6) is -0.699. The minimum Gasteiger partial charge on any atom is -0.481 e.